The Balaban J connectivity index is 1.02. The third-order valence-electron chi connectivity index (χ3n) is 14.3. The van der Waals surface area contributed by atoms with Gasteiger partial charge in [0.2, 0.25) is 5.91 Å². The van der Waals surface area contributed by atoms with Gasteiger partial charge in [0.15, 0.2) is 0 Å². The molecule has 76 heavy (non-hydrogen) atoms. The minimum atomic E-state index is -4.97. The fourth-order valence-corrected chi connectivity index (χ4v) is 9.88. The van der Waals surface area contributed by atoms with Crippen LogP contribution in [-0.2, 0) is 36.8 Å². The Morgan fingerprint density at radius 3 is 2.08 bits per heavy atom. The number of hydrogen-bond acceptors (Lipinski definition) is 13. The standard InChI is InChI=1S/C54H64ClF4N9O8/c1-52(2,21-20-34-12-10-33(11-13-34)14-15-35-16-19-45(61-25-35)66-27-37-17-18-38(28-66)68(37)39-31-76-32-39)46(63-50(72)74-5)49(71)65-67(30-41-42(55)23-36(24-43(41)56)44-9-7-8-22-60-44)29-40(69)26-62-48(70)47(64-51(73)75-6)53(3,4)54(57,58)59/h7-13,16,19,22-25,37-40,46-47,69H,17-18,20-21,26-32H2,1-6H3,(H,62,70)(H,63,72)(H,64,73)(H,65,71)/t37?,38?,40-,46+,47+/m0/s1. The second kappa shape index (κ2) is 24.6. The van der Waals surface area contributed by atoms with Crippen LogP contribution in [0.2, 0.25) is 5.02 Å². The van der Waals surface area contributed by atoms with Gasteiger partial charge in [-0.25, -0.2) is 24.0 Å². The minimum Gasteiger partial charge on any atom is -0.453 e. The predicted octanol–water partition coefficient (Wildman–Crippen LogP) is 6.39. The molecule has 17 nitrogen and oxygen atoms in total. The number of halogens is 5. The molecule has 0 radical (unpaired) electrons. The topological polar surface area (TPSA) is 200 Å². The second-order valence-electron chi connectivity index (χ2n) is 20.5. The van der Waals surface area contributed by atoms with E-state index in [0.717, 1.165) is 68.0 Å². The highest BCUT2D eigenvalue weighted by Crippen LogP contribution is 2.41. The molecule has 5 atom stereocenters. The first-order valence-electron chi connectivity index (χ1n) is 24.9. The Hall–Kier alpha value is -6.57. The van der Waals surface area contributed by atoms with Crippen LogP contribution in [0.15, 0.2) is 79.1 Å². The molecule has 3 saturated heterocycles. The molecule has 408 valence electrons. The van der Waals surface area contributed by atoms with Crippen molar-refractivity contribution in [2.24, 2.45) is 10.8 Å². The number of methoxy groups -OCH3 is 2. The molecule has 2 aromatic carbocycles. The quantitative estimate of drug-likeness (QED) is 0.0394. The van der Waals surface area contributed by atoms with E-state index < -0.39 is 84.6 Å². The molecule has 5 heterocycles. The number of fused-ring (bicyclic) bond motifs is 2. The van der Waals surface area contributed by atoms with E-state index in [2.05, 4.69) is 47.4 Å². The van der Waals surface area contributed by atoms with Gasteiger partial charge in [0.25, 0.3) is 5.91 Å². The zero-order valence-electron chi connectivity index (χ0n) is 43.2. The number of aryl methyl sites for hydroxylation is 1. The fourth-order valence-electron chi connectivity index (χ4n) is 9.61. The van der Waals surface area contributed by atoms with E-state index in [0.29, 0.717) is 56.1 Å². The summed E-state index contributed by atoms with van der Waals surface area (Å²) in [5.74, 6) is 4.43. The molecule has 2 aromatic heterocycles. The molecule has 3 fully saturated rings. The maximum Gasteiger partial charge on any atom is 0.407 e. The first-order valence-corrected chi connectivity index (χ1v) is 25.3. The fraction of sp³-hybridized carbons (Fsp3) is 0.481. The lowest BCUT2D eigenvalue weighted by molar-refractivity contribution is -0.220. The molecular formula is C54H64ClF4N9O8. The third kappa shape index (κ3) is 14.1. The highest BCUT2D eigenvalue weighted by molar-refractivity contribution is 6.31. The molecule has 7 rings (SSSR count). The number of pyridine rings is 2. The summed E-state index contributed by atoms with van der Waals surface area (Å²) in [6.45, 7) is 6.71. The summed E-state index contributed by atoms with van der Waals surface area (Å²) in [6, 6.07) is 17.4. The molecule has 5 N–H and O–H groups in total. The summed E-state index contributed by atoms with van der Waals surface area (Å²) in [6.07, 6.45) is -2.36. The summed E-state index contributed by atoms with van der Waals surface area (Å²) in [7, 11) is 2.04. The van der Waals surface area contributed by atoms with Gasteiger partial charge >= 0.3 is 18.4 Å². The van der Waals surface area contributed by atoms with Gasteiger partial charge in [-0.2, -0.15) is 13.2 Å². The van der Waals surface area contributed by atoms with E-state index in [1.165, 1.54) is 31.2 Å². The van der Waals surface area contributed by atoms with Crippen LogP contribution >= 0.6 is 11.6 Å². The number of nitrogens with one attached hydrogen (secondary N) is 4. The number of nitrogens with zero attached hydrogens (tertiary/aromatic N) is 5. The molecule has 2 bridgehead atoms. The normalized spacial score (nSPS) is 18.1. The summed E-state index contributed by atoms with van der Waals surface area (Å²) in [4.78, 5) is 66.6. The number of aromatic nitrogens is 2. The van der Waals surface area contributed by atoms with Crippen molar-refractivity contribution in [2.75, 3.05) is 58.5 Å². The van der Waals surface area contributed by atoms with E-state index in [4.69, 9.17) is 26.1 Å². The van der Waals surface area contributed by atoms with Gasteiger partial charge < -0.3 is 40.2 Å². The Kier molecular flexibility index (Phi) is 18.5. The second-order valence-corrected chi connectivity index (χ2v) is 20.9. The smallest absolute Gasteiger partial charge is 0.407 e. The molecule has 3 aliphatic heterocycles. The Labute approximate surface area is 444 Å². The SMILES string of the molecule is COC(=O)N[C@H](C(=O)NN(Cc1c(F)cc(-c2ccccn2)cc1Cl)C[C@@H](O)CNC(=O)[C@@H](NC(=O)OC)C(C)(C)C(F)(F)F)C(C)(C)CCc1ccc(C#Cc2ccc(N3CC4CCC(C3)N4C3COC3)nc2)cc1. The van der Waals surface area contributed by atoms with Crippen molar-refractivity contribution in [1.29, 1.82) is 0 Å². The number of hydrazine groups is 1. The first-order chi connectivity index (χ1) is 36.1. The Bertz CT molecular complexity index is 2700. The molecule has 4 aromatic rings. The molecule has 22 heteroatoms. The number of alkyl carbamates (subject to hydrolysis) is 2. The lowest BCUT2D eigenvalue weighted by Gasteiger charge is -2.47. The average molecular weight is 1080 g/mol. The predicted molar refractivity (Wildman–Crippen MR) is 275 cm³/mol. The van der Waals surface area contributed by atoms with Gasteiger partial charge in [-0.1, -0.05) is 55.5 Å². The lowest BCUT2D eigenvalue weighted by atomic mass is 9.78. The van der Waals surface area contributed by atoms with Crippen LogP contribution in [-0.4, -0.2) is 145 Å². The highest BCUT2D eigenvalue weighted by atomic mass is 35.5. The maximum atomic E-state index is 16.0. The van der Waals surface area contributed by atoms with Crippen LogP contribution in [0, 0.1) is 28.5 Å². The van der Waals surface area contributed by atoms with E-state index in [1.807, 2.05) is 41.7 Å². The molecular weight excluding hydrogens is 1010 g/mol. The van der Waals surface area contributed by atoms with E-state index >= 15 is 4.39 Å². The van der Waals surface area contributed by atoms with Crippen LogP contribution in [0.4, 0.5) is 33.0 Å². The number of ether oxygens (including phenoxy) is 3. The largest absolute Gasteiger partial charge is 0.453 e. The number of aliphatic hydroxyl groups is 1. The maximum absolute atomic E-state index is 16.0. The van der Waals surface area contributed by atoms with Crippen LogP contribution in [0.5, 0.6) is 0 Å². The van der Waals surface area contributed by atoms with E-state index in [1.54, 1.807) is 38.2 Å². The summed E-state index contributed by atoms with van der Waals surface area (Å²) >= 11 is 6.65. The van der Waals surface area contributed by atoms with Crippen molar-refractivity contribution in [3.63, 3.8) is 0 Å². The van der Waals surface area contributed by atoms with Crippen molar-refractivity contribution < 1.29 is 56.1 Å². The summed E-state index contributed by atoms with van der Waals surface area (Å²) in [5, 5.41) is 19.0. The number of alkyl halides is 3. The molecule has 2 unspecified atom stereocenters. The van der Waals surface area contributed by atoms with Gasteiger partial charge in [-0.05, 0) is 99.0 Å². The monoisotopic (exact) mass is 1080 g/mol. The number of aliphatic hydroxyl groups excluding tert-OH is 1. The zero-order valence-corrected chi connectivity index (χ0v) is 43.9. The molecule has 4 amide bonds. The number of rotatable bonds is 19. The van der Waals surface area contributed by atoms with Crippen LogP contribution in [0.3, 0.4) is 0 Å². The average Bonchev–Trinajstić information content (AvgIpc) is 3.61. The number of piperazine rings is 1. The number of amides is 4. The lowest BCUT2D eigenvalue weighted by Crippen LogP contribution is -2.62. The number of carbonyl (C=O) groups is 4. The number of carbonyl (C=O) groups excluding carboxylic acids is 4. The van der Waals surface area contributed by atoms with Crippen LogP contribution in [0.25, 0.3) is 11.3 Å². The van der Waals surface area contributed by atoms with E-state index in [9.17, 15) is 37.5 Å². The molecule has 0 spiro atoms. The Morgan fingerprint density at radius 2 is 1.51 bits per heavy atom. The van der Waals surface area contributed by atoms with Crippen molar-refractivity contribution in [3.8, 4) is 23.1 Å². The van der Waals surface area contributed by atoms with Gasteiger partial charge in [0.1, 0.15) is 23.7 Å². The molecule has 3 aliphatic rings. The van der Waals surface area contributed by atoms with Crippen molar-refractivity contribution in [1.82, 2.24) is 41.3 Å². The molecule has 0 aliphatic carbocycles. The first kappa shape index (κ1) is 57.1. The summed E-state index contributed by atoms with van der Waals surface area (Å²) < 4.78 is 73.1. The zero-order chi connectivity index (χ0) is 55.0. The number of hydrogen-bond donors (Lipinski definition) is 5. The van der Waals surface area contributed by atoms with Gasteiger partial charge in [0, 0.05) is 84.5 Å². The van der Waals surface area contributed by atoms with Crippen molar-refractivity contribution in [3.05, 3.63) is 112 Å². The number of benzene rings is 2. The van der Waals surface area contributed by atoms with Gasteiger partial charge in [-0.15, -0.1) is 0 Å². The van der Waals surface area contributed by atoms with Crippen molar-refractivity contribution in [2.45, 2.75) is 102 Å². The summed E-state index contributed by atoms with van der Waals surface area (Å²) in [5.41, 5.74) is 1.96. The van der Waals surface area contributed by atoms with Crippen LogP contribution in [0.1, 0.15) is 69.2 Å². The number of anilines is 1. The van der Waals surface area contributed by atoms with Crippen LogP contribution < -0.4 is 26.3 Å². The van der Waals surface area contributed by atoms with Gasteiger partial charge in [0.05, 0.1) is 50.7 Å². The van der Waals surface area contributed by atoms with E-state index in [-0.39, 0.29) is 10.6 Å². The Morgan fingerprint density at radius 1 is 0.868 bits per heavy atom. The molecule has 0 saturated carbocycles. The third-order valence-corrected chi connectivity index (χ3v) is 14.7. The highest BCUT2D eigenvalue weighted by Gasteiger charge is 2.56. The minimum absolute atomic E-state index is 0.0759. The van der Waals surface area contributed by atoms with Crippen molar-refractivity contribution >= 4 is 41.4 Å². The van der Waals surface area contributed by atoms with Gasteiger partial charge in [-0.3, -0.25) is 24.9 Å².